The summed E-state index contributed by atoms with van der Waals surface area (Å²) in [6, 6.07) is 11.2. The predicted octanol–water partition coefficient (Wildman–Crippen LogP) is 2.82. The molecule has 2 aromatic rings. The quantitative estimate of drug-likeness (QED) is 0.291. The summed E-state index contributed by atoms with van der Waals surface area (Å²) in [6.45, 7) is 0. The summed E-state index contributed by atoms with van der Waals surface area (Å²) in [4.78, 5) is 12.1. The van der Waals surface area contributed by atoms with Crippen molar-refractivity contribution in [3.63, 3.8) is 0 Å². The lowest BCUT2D eigenvalue weighted by molar-refractivity contribution is 0.0735. The second-order valence-corrected chi connectivity index (χ2v) is 5.20. The molecule has 0 saturated heterocycles. The van der Waals surface area contributed by atoms with Crippen molar-refractivity contribution in [2.75, 3.05) is 0 Å². The van der Waals surface area contributed by atoms with Crippen molar-refractivity contribution in [2.24, 2.45) is 21.7 Å². The Kier molecular flexibility index (Phi) is 5.56. The molecule has 0 spiro atoms. The normalized spacial score (nSPS) is 10.5. The van der Waals surface area contributed by atoms with Gasteiger partial charge in [0.05, 0.1) is 16.8 Å². The number of benzene rings is 2. The van der Waals surface area contributed by atoms with Crippen molar-refractivity contribution in [1.29, 1.82) is 0 Å². The third kappa shape index (κ3) is 4.98. The molecule has 2 rings (SSSR count). The number of esters is 1. The van der Waals surface area contributed by atoms with Gasteiger partial charge in [-0.15, -0.1) is 5.10 Å². The van der Waals surface area contributed by atoms with Crippen LogP contribution in [0.25, 0.3) is 0 Å². The molecule has 0 amide bonds. The maximum atomic E-state index is 12.1. The first-order valence-corrected chi connectivity index (χ1v) is 7.10. The number of nitrogens with zero attached hydrogens (tertiary/aromatic N) is 2. The third-order valence-corrected chi connectivity index (χ3v) is 3.15. The minimum Gasteiger partial charge on any atom is -0.423 e. The van der Waals surface area contributed by atoms with Crippen LogP contribution in [-0.4, -0.2) is 18.1 Å². The number of ether oxygens (including phenoxy) is 1. The van der Waals surface area contributed by atoms with E-state index in [9.17, 15) is 4.79 Å². The summed E-state index contributed by atoms with van der Waals surface area (Å²) < 4.78 is 5.28. The highest BCUT2D eigenvalue weighted by molar-refractivity contribution is 6.36. The van der Waals surface area contributed by atoms with Crippen LogP contribution in [0.3, 0.4) is 0 Å². The van der Waals surface area contributed by atoms with Crippen LogP contribution in [-0.2, 0) is 0 Å². The van der Waals surface area contributed by atoms with E-state index < -0.39 is 5.97 Å². The molecule has 118 valence electrons. The molecule has 0 aromatic heterocycles. The fourth-order valence-corrected chi connectivity index (χ4v) is 2.12. The smallest absolute Gasteiger partial charge is 0.345 e. The molecule has 23 heavy (non-hydrogen) atoms. The first-order chi connectivity index (χ1) is 11.0. The molecule has 0 atom stereocenters. The Morgan fingerprint density at radius 2 is 1.91 bits per heavy atom. The fourth-order valence-electron chi connectivity index (χ4n) is 1.64. The Morgan fingerprint density at radius 1 is 1.13 bits per heavy atom. The predicted molar refractivity (Wildman–Crippen MR) is 91.3 cm³/mol. The van der Waals surface area contributed by atoms with Crippen LogP contribution in [0.2, 0.25) is 10.0 Å². The number of carbonyl (C=O) groups excluding carboxylic acids is 1. The molecule has 4 N–H and O–H groups in total. The molecule has 8 heteroatoms. The zero-order valence-electron chi connectivity index (χ0n) is 11.7. The topological polar surface area (TPSA) is 103 Å². The molecular formula is C15H12Cl2N4O2. The van der Waals surface area contributed by atoms with E-state index in [4.69, 9.17) is 39.4 Å². The van der Waals surface area contributed by atoms with Gasteiger partial charge in [0.25, 0.3) is 0 Å². The first kappa shape index (κ1) is 16.8. The van der Waals surface area contributed by atoms with Crippen molar-refractivity contribution in [2.45, 2.75) is 0 Å². The van der Waals surface area contributed by atoms with Gasteiger partial charge in [-0.2, -0.15) is 5.10 Å². The molecule has 6 nitrogen and oxygen atoms in total. The van der Waals surface area contributed by atoms with E-state index in [1.807, 2.05) is 0 Å². The van der Waals surface area contributed by atoms with Crippen LogP contribution in [0.5, 0.6) is 5.75 Å². The summed E-state index contributed by atoms with van der Waals surface area (Å²) in [6.07, 6.45) is 1.42. The number of hydrogen-bond acceptors (Lipinski definition) is 4. The molecule has 2 aromatic carbocycles. The van der Waals surface area contributed by atoms with E-state index in [2.05, 4.69) is 10.2 Å². The van der Waals surface area contributed by atoms with Gasteiger partial charge in [-0.3, -0.25) is 0 Å². The highest BCUT2D eigenvalue weighted by Gasteiger charge is 2.13. The summed E-state index contributed by atoms with van der Waals surface area (Å²) in [5.41, 5.74) is 11.2. The standard InChI is InChI=1S/C15H12Cl2N4O2/c16-10-4-5-12(13(17)7-10)14(22)23-11-3-1-2-9(6-11)8-20-21-15(18)19/h1-8H,(H4,18,19,21). The molecule has 0 aliphatic rings. The van der Waals surface area contributed by atoms with Gasteiger partial charge < -0.3 is 16.2 Å². The lowest BCUT2D eigenvalue weighted by Crippen LogP contribution is -2.21. The average Bonchev–Trinajstić information content (AvgIpc) is 2.47. The van der Waals surface area contributed by atoms with Gasteiger partial charge in [-0.05, 0) is 35.9 Å². The Hall–Kier alpha value is -2.57. The van der Waals surface area contributed by atoms with Gasteiger partial charge in [-0.1, -0.05) is 35.3 Å². The zero-order chi connectivity index (χ0) is 16.8. The summed E-state index contributed by atoms with van der Waals surface area (Å²) in [7, 11) is 0. The van der Waals surface area contributed by atoms with Crippen molar-refractivity contribution in [3.05, 3.63) is 63.6 Å². The van der Waals surface area contributed by atoms with Crippen molar-refractivity contribution in [1.82, 2.24) is 0 Å². The van der Waals surface area contributed by atoms with E-state index >= 15 is 0 Å². The van der Waals surface area contributed by atoms with Crippen LogP contribution >= 0.6 is 23.2 Å². The number of hydrogen-bond donors (Lipinski definition) is 2. The second-order valence-electron chi connectivity index (χ2n) is 4.36. The molecule has 0 bridgehead atoms. The number of carbonyl (C=O) groups is 1. The Labute approximate surface area is 142 Å². The number of guanidine groups is 1. The van der Waals surface area contributed by atoms with Crippen LogP contribution in [0.15, 0.2) is 52.7 Å². The fraction of sp³-hybridized carbons (Fsp3) is 0. The molecule has 0 fully saturated rings. The van der Waals surface area contributed by atoms with Gasteiger partial charge in [0, 0.05) is 5.02 Å². The second kappa shape index (κ2) is 7.62. The minimum atomic E-state index is -0.593. The Balaban J connectivity index is 2.15. The summed E-state index contributed by atoms with van der Waals surface area (Å²) >= 11 is 11.8. The Morgan fingerprint density at radius 3 is 2.61 bits per heavy atom. The maximum Gasteiger partial charge on any atom is 0.345 e. The zero-order valence-corrected chi connectivity index (χ0v) is 13.3. The SMILES string of the molecule is NC(N)=NN=Cc1cccc(OC(=O)c2ccc(Cl)cc2Cl)c1. The minimum absolute atomic E-state index is 0.152. The van der Waals surface area contributed by atoms with Crippen LogP contribution in [0, 0.1) is 0 Å². The van der Waals surface area contributed by atoms with E-state index in [0.29, 0.717) is 16.3 Å². The number of nitrogens with two attached hydrogens (primary N) is 2. The van der Waals surface area contributed by atoms with Crippen LogP contribution in [0.1, 0.15) is 15.9 Å². The molecular weight excluding hydrogens is 339 g/mol. The third-order valence-electron chi connectivity index (χ3n) is 2.60. The van der Waals surface area contributed by atoms with Crippen LogP contribution in [0.4, 0.5) is 0 Å². The van der Waals surface area contributed by atoms with Gasteiger partial charge in [-0.25, -0.2) is 4.79 Å². The van der Waals surface area contributed by atoms with Gasteiger partial charge in [0.2, 0.25) is 5.96 Å². The lowest BCUT2D eigenvalue weighted by Gasteiger charge is -2.06. The molecule has 0 heterocycles. The Bertz CT molecular complexity index is 787. The van der Waals surface area contributed by atoms with E-state index in [0.717, 1.165) is 0 Å². The van der Waals surface area contributed by atoms with E-state index in [-0.39, 0.29) is 16.5 Å². The molecule has 0 aliphatic heterocycles. The monoisotopic (exact) mass is 350 g/mol. The highest BCUT2D eigenvalue weighted by Crippen LogP contribution is 2.23. The van der Waals surface area contributed by atoms with Gasteiger partial charge in [0.15, 0.2) is 0 Å². The van der Waals surface area contributed by atoms with Gasteiger partial charge in [0.1, 0.15) is 5.75 Å². The molecule has 0 saturated carbocycles. The van der Waals surface area contributed by atoms with Crippen LogP contribution < -0.4 is 16.2 Å². The maximum absolute atomic E-state index is 12.1. The van der Waals surface area contributed by atoms with Crippen molar-refractivity contribution in [3.8, 4) is 5.75 Å². The summed E-state index contributed by atoms with van der Waals surface area (Å²) in [5, 5.41) is 7.81. The molecule has 0 aliphatic carbocycles. The summed E-state index contributed by atoms with van der Waals surface area (Å²) in [5.74, 6) is -0.416. The van der Waals surface area contributed by atoms with E-state index in [1.165, 1.54) is 18.3 Å². The number of halogens is 2. The number of rotatable bonds is 4. The molecule has 0 radical (unpaired) electrons. The van der Waals surface area contributed by atoms with Crippen molar-refractivity contribution < 1.29 is 9.53 Å². The first-order valence-electron chi connectivity index (χ1n) is 6.35. The van der Waals surface area contributed by atoms with Gasteiger partial charge >= 0.3 is 5.97 Å². The average molecular weight is 351 g/mol. The molecule has 0 unspecified atom stereocenters. The lowest BCUT2D eigenvalue weighted by atomic mass is 10.2. The largest absolute Gasteiger partial charge is 0.423 e. The van der Waals surface area contributed by atoms with Crippen molar-refractivity contribution >= 4 is 41.3 Å². The highest BCUT2D eigenvalue weighted by atomic mass is 35.5. The van der Waals surface area contributed by atoms with E-state index in [1.54, 1.807) is 30.3 Å².